The van der Waals surface area contributed by atoms with Crippen molar-refractivity contribution in [1.82, 2.24) is 9.80 Å². The van der Waals surface area contributed by atoms with E-state index in [-0.39, 0.29) is 18.4 Å². The SMILES string of the molecule is COc1ccc(C2=C(N3CCCC(C)C3)C(=O)N(Cc3ccccc3)C2=O)cc1. The van der Waals surface area contributed by atoms with Gasteiger partial charge in [-0.05, 0) is 42.0 Å². The predicted molar refractivity (Wildman–Crippen MR) is 112 cm³/mol. The zero-order valence-electron chi connectivity index (χ0n) is 16.9. The van der Waals surface area contributed by atoms with Crippen LogP contribution in [0.15, 0.2) is 60.3 Å². The van der Waals surface area contributed by atoms with E-state index in [4.69, 9.17) is 4.74 Å². The van der Waals surface area contributed by atoms with Crippen molar-refractivity contribution in [1.29, 1.82) is 0 Å². The van der Waals surface area contributed by atoms with E-state index in [9.17, 15) is 9.59 Å². The first-order valence-corrected chi connectivity index (χ1v) is 10.1. The standard InChI is InChI=1S/C24H26N2O3/c1-17-7-6-14-25(15-17)22-21(19-10-12-20(29-2)13-11-19)23(27)26(24(22)28)16-18-8-4-3-5-9-18/h3-5,8-13,17H,6-7,14-16H2,1-2H3. The molecule has 0 saturated carbocycles. The summed E-state index contributed by atoms with van der Waals surface area (Å²) in [6.45, 7) is 4.08. The van der Waals surface area contributed by atoms with E-state index in [1.54, 1.807) is 7.11 Å². The van der Waals surface area contributed by atoms with E-state index in [0.717, 1.165) is 42.8 Å². The number of hydrogen-bond donors (Lipinski definition) is 0. The van der Waals surface area contributed by atoms with Gasteiger partial charge in [0.15, 0.2) is 0 Å². The Balaban J connectivity index is 1.73. The van der Waals surface area contributed by atoms with Crippen molar-refractivity contribution in [3.63, 3.8) is 0 Å². The molecule has 2 aliphatic heterocycles. The Morgan fingerprint density at radius 1 is 1.00 bits per heavy atom. The third kappa shape index (κ3) is 3.77. The van der Waals surface area contributed by atoms with Crippen LogP contribution in [0.3, 0.4) is 0 Å². The third-order valence-electron chi connectivity index (χ3n) is 5.68. The predicted octanol–water partition coefficient (Wildman–Crippen LogP) is 3.71. The van der Waals surface area contributed by atoms with Crippen LogP contribution >= 0.6 is 0 Å². The number of carbonyl (C=O) groups excluding carboxylic acids is 2. The number of ether oxygens (including phenoxy) is 1. The normalized spacial score (nSPS) is 19.9. The van der Waals surface area contributed by atoms with Crippen LogP contribution in [0, 0.1) is 5.92 Å². The van der Waals surface area contributed by atoms with Crippen molar-refractivity contribution >= 4 is 17.4 Å². The van der Waals surface area contributed by atoms with E-state index in [2.05, 4.69) is 11.8 Å². The molecule has 1 fully saturated rings. The van der Waals surface area contributed by atoms with Gasteiger partial charge in [-0.2, -0.15) is 0 Å². The lowest BCUT2D eigenvalue weighted by molar-refractivity contribution is -0.138. The van der Waals surface area contributed by atoms with Gasteiger partial charge in [0.2, 0.25) is 0 Å². The van der Waals surface area contributed by atoms with Crippen LogP contribution in [0.4, 0.5) is 0 Å². The molecule has 2 amide bonds. The summed E-state index contributed by atoms with van der Waals surface area (Å²) < 4.78 is 5.25. The number of piperidine rings is 1. The van der Waals surface area contributed by atoms with Crippen LogP contribution in [-0.2, 0) is 16.1 Å². The Kier molecular flexibility index (Phi) is 5.38. The average molecular weight is 390 g/mol. The number of carbonyl (C=O) groups is 2. The molecule has 0 aromatic heterocycles. The maximum Gasteiger partial charge on any atom is 0.278 e. The van der Waals surface area contributed by atoms with Gasteiger partial charge in [0.25, 0.3) is 11.8 Å². The van der Waals surface area contributed by atoms with Gasteiger partial charge in [-0.3, -0.25) is 14.5 Å². The lowest BCUT2D eigenvalue weighted by Gasteiger charge is -2.33. The summed E-state index contributed by atoms with van der Waals surface area (Å²) in [6, 6.07) is 17.0. The molecule has 5 heteroatoms. The van der Waals surface area contributed by atoms with Crippen molar-refractivity contribution in [3.8, 4) is 5.75 Å². The summed E-state index contributed by atoms with van der Waals surface area (Å²) in [6.07, 6.45) is 2.18. The van der Waals surface area contributed by atoms with Crippen LogP contribution < -0.4 is 4.74 Å². The molecule has 0 spiro atoms. The number of nitrogens with zero attached hydrogens (tertiary/aromatic N) is 2. The zero-order chi connectivity index (χ0) is 20.4. The van der Waals surface area contributed by atoms with Crippen LogP contribution in [-0.4, -0.2) is 41.8 Å². The van der Waals surface area contributed by atoms with Gasteiger partial charge in [0.1, 0.15) is 11.4 Å². The second-order valence-electron chi connectivity index (χ2n) is 7.83. The van der Waals surface area contributed by atoms with Gasteiger partial charge in [0.05, 0.1) is 19.2 Å². The highest BCUT2D eigenvalue weighted by molar-refractivity contribution is 6.35. The highest BCUT2D eigenvalue weighted by Gasteiger charge is 2.42. The Morgan fingerprint density at radius 2 is 1.72 bits per heavy atom. The highest BCUT2D eigenvalue weighted by Crippen LogP contribution is 2.35. The fourth-order valence-corrected chi connectivity index (χ4v) is 4.18. The van der Waals surface area contributed by atoms with E-state index >= 15 is 0 Å². The minimum Gasteiger partial charge on any atom is -0.497 e. The molecule has 1 saturated heterocycles. The quantitative estimate of drug-likeness (QED) is 0.731. The summed E-state index contributed by atoms with van der Waals surface area (Å²) in [4.78, 5) is 30.3. The number of benzene rings is 2. The van der Waals surface area contributed by atoms with E-state index in [1.165, 1.54) is 4.90 Å². The number of amides is 2. The molecule has 0 radical (unpaired) electrons. The Hall–Kier alpha value is -3.08. The van der Waals surface area contributed by atoms with Crippen molar-refractivity contribution in [2.75, 3.05) is 20.2 Å². The Labute approximate surface area is 171 Å². The average Bonchev–Trinajstić information content (AvgIpc) is 2.99. The summed E-state index contributed by atoms with van der Waals surface area (Å²) in [5.41, 5.74) is 2.75. The van der Waals surface area contributed by atoms with E-state index < -0.39 is 0 Å². The summed E-state index contributed by atoms with van der Waals surface area (Å²) in [5.74, 6) is 0.802. The van der Waals surface area contributed by atoms with Crippen molar-refractivity contribution in [2.45, 2.75) is 26.3 Å². The molecule has 2 heterocycles. The number of hydrogen-bond acceptors (Lipinski definition) is 4. The molecule has 0 N–H and O–H groups in total. The lowest BCUT2D eigenvalue weighted by Crippen LogP contribution is -2.39. The number of methoxy groups -OCH3 is 1. The minimum absolute atomic E-state index is 0.196. The monoisotopic (exact) mass is 390 g/mol. The molecule has 1 unspecified atom stereocenters. The number of likely N-dealkylation sites (tertiary alicyclic amines) is 1. The van der Waals surface area contributed by atoms with Gasteiger partial charge < -0.3 is 9.64 Å². The molecule has 2 aromatic carbocycles. The largest absolute Gasteiger partial charge is 0.497 e. The van der Waals surface area contributed by atoms with Crippen molar-refractivity contribution in [3.05, 3.63) is 71.4 Å². The topological polar surface area (TPSA) is 49.9 Å². The molecule has 0 aliphatic carbocycles. The van der Waals surface area contributed by atoms with Crippen LogP contribution in [0.2, 0.25) is 0 Å². The fourth-order valence-electron chi connectivity index (χ4n) is 4.18. The van der Waals surface area contributed by atoms with Gasteiger partial charge >= 0.3 is 0 Å². The highest BCUT2D eigenvalue weighted by atomic mass is 16.5. The first-order valence-electron chi connectivity index (χ1n) is 10.1. The smallest absolute Gasteiger partial charge is 0.278 e. The molecular formula is C24H26N2O3. The first kappa shape index (κ1) is 19.2. The van der Waals surface area contributed by atoms with Crippen molar-refractivity contribution < 1.29 is 14.3 Å². The molecule has 2 aliphatic rings. The zero-order valence-corrected chi connectivity index (χ0v) is 16.9. The van der Waals surface area contributed by atoms with Crippen LogP contribution in [0.25, 0.3) is 5.57 Å². The van der Waals surface area contributed by atoms with Crippen LogP contribution in [0.5, 0.6) is 5.75 Å². The van der Waals surface area contributed by atoms with Gasteiger partial charge in [-0.15, -0.1) is 0 Å². The maximum atomic E-state index is 13.4. The molecule has 1 atom stereocenters. The van der Waals surface area contributed by atoms with E-state index in [1.807, 2.05) is 54.6 Å². The Morgan fingerprint density at radius 3 is 2.38 bits per heavy atom. The summed E-state index contributed by atoms with van der Waals surface area (Å²) in [7, 11) is 1.61. The number of imide groups is 1. The maximum absolute atomic E-state index is 13.4. The molecule has 0 bridgehead atoms. The van der Waals surface area contributed by atoms with Crippen LogP contribution in [0.1, 0.15) is 30.9 Å². The molecule has 2 aromatic rings. The molecule has 4 rings (SSSR count). The number of rotatable bonds is 5. The molecule has 150 valence electrons. The summed E-state index contributed by atoms with van der Waals surface area (Å²) in [5, 5.41) is 0. The third-order valence-corrected chi connectivity index (χ3v) is 5.68. The van der Waals surface area contributed by atoms with Gasteiger partial charge in [-0.1, -0.05) is 49.4 Å². The minimum atomic E-state index is -0.225. The molecular weight excluding hydrogens is 364 g/mol. The van der Waals surface area contributed by atoms with E-state index in [0.29, 0.717) is 17.2 Å². The second kappa shape index (κ2) is 8.11. The molecule has 5 nitrogen and oxygen atoms in total. The van der Waals surface area contributed by atoms with Crippen molar-refractivity contribution in [2.24, 2.45) is 5.92 Å². The lowest BCUT2D eigenvalue weighted by atomic mass is 9.98. The summed E-state index contributed by atoms with van der Waals surface area (Å²) >= 11 is 0. The van der Waals surface area contributed by atoms with Gasteiger partial charge in [0, 0.05) is 13.1 Å². The van der Waals surface area contributed by atoms with Gasteiger partial charge in [-0.25, -0.2) is 0 Å². The first-order chi connectivity index (χ1) is 14.1. The second-order valence-corrected chi connectivity index (χ2v) is 7.83. The Bertz CT molecular complexity index is 934. The molecule has 29 heavy (non-hydrogen) atoms. The fraction of sp³-hybridized carbons (Fsp3) is 0.333.